The molecule has 150 valence electrons. The van der Waals surface area contributed by atoms with Gasteiger partial charge in [0.15, 0.2) is 0 Å². The molecule has 2 aromatic carbocycles. The molecule has 28 heavy (non-hydrogen) atoms. The zero-order chi connectivity index (χ0) is 20.0. The van der Waals surface area contributed by atoms with Crippen molar-refractivity contribution in [3.63, 3.8) is 0 Å². The highest BCUT2D eigenvalue weighted by Crippen LogP contribution is 2.16. The summed E-state index contributed by atoms with van der Waals surface area (Å²) in [6.07, 6.45) is 2.56. The summed E-state index contributed by atoms with van der Waals surface area (Å²) in [4.78, 5) is 14.6. The number of sulfonamides is 1. The minimum absolute atomic E-state index is 0.0177. The minimum atomic E-state index is -3.66. The van der Waals surface area contributed by atoms with Crippen molar-refractivity contribution in [3.8, 4) is 0 Å². The molecule has 1 aliphatic rings. The lowest BCUT2D eigenvalue weighted by atomic mass is 10.2. The molecule has 3 rings (SSSR count). The molecule has 1 fully saturated rings. The Balaban J connectivity index is 1.44. The van der Waals surface area contributed by atoms with E-state index in [1.165, 1.54) is 42.7 Å². The molecule has 0 aliphatic carbocycles. The summed E-state index contributed by atoms with van der Waals surface area (Å²) in [7, 11) is -3.66. The quantitative estimate of drug-likeness (QED) is 0.685. The molecule has 0 atom stereocenters. The third-order valence-corrected chi connectivity index (χ3v) is 6.34. The van der Waals surface area contributed by atoms with E-state index in [2.05, 4.69) is 14.9 Å². The van der Waals surface area contributed by atoms with Crippen LogP contribution in [-0.4, -0.2) is 38.9 Å². The number of hydrogen-bond donors (Lipinski definition) is 2. The number of benzene rings is 2. The van der Waals surface area contributed by atoms with E-state index in [0.29, 0.717) is 10.7 Å². The van der Waals surface area contributed by atoms with Crippen molar-refractivity contribution < 1.29 is 13.2 Å². The normalized spacial score (nSPS) is 14.9. The van der Waals surface area contributed by atoms with E-state index < -0.39 is 10.0 Å². The van der Waals surface area contributed by atoms with E-state index in [1.54, 1.807) is 0 Å². The Kier molecular flexibility index (Phi) is 7.07. The van der Waals surface area contributed by atoms with Crippen LogP contribution in [0.3, 0.4) is 0 Å². The monoisotopic (exact) mass is 421 g/mol. The summed E-state index contributed by atoms with van der Waals surface area (Å²) in [6, 6.07) is 13.6. The lowest BCUT2D eigenvalue weighted by Gasteiger charge is -2.14. The summed E-state index contributed by atoms with van der Waals surface area (Å²) in [5, 5.41) is 3.25. The predicted octanol–water partition coefficient (Wildman–Crippen LogP) is 3.24. The fourth-order valence-corrected chi connectivity index (χ4v) is 4.27. The van der Waals surface area contributed by atoms with Crippen LogP contribution in [-0.2, 0) is 21.4 Å². The molecule has 1 saturated heterocycles. The summed E-state index contributed by atoms with van der Waals surface area (Å²) in [5.74, 6) is -0.244. The van der Waals surface area contributed by atoms with Crippen LogP contribution in [0.1, 0.15) is 24.8 Å². The zero-order valence-electron chi connectivity index (χ0n) is 15.5. The second-order valence-electron chi connectivity index (χ2n) is 6.83. The van der Waals surface area contributed by atoms with E-state index in [0.717, 1.165) is 19.6 Å². The first-order chi connectivity index (χ1) is 13.4. The first-order valence-corrected chi connectivity index (χ1v) is 11.1. The van der Waals surface area contributed by atoms with Crippen molar-refractivity contribution in [2.75, 3.05) is 25.0 Å². The SMILES string of the molecule is O=C(CCNS(=O)(=O)c1ccc(Cl)cc1)Nc1ccc(CN2CCCC2)cc1. The van der Waals surface area contributed by atoms with Crippen molar-refractivity contribution in [2.45, 2.75) is 30.7 Å². The van der Waals surface area contributed by atoms with E-state index >= 15 is 0 Å². The maximum Gasteiger partial charge on any atom is 0.240 e. The Labute approximate surface area is 170 Å². The van der Waals surface area contributed by atoms with Gasteiger partial charge in [0.05, 0.1) is 4.90 Å². The number of nitrogens with zero attached hydrogens (tertiary/aromatic N) is 1. The standard InChI is InChI=1S/C20H24ClN3O3S/c21-17-5-9-19(10-6-17)28(26,27)22-12-11-20(25)23-18-7-3-16(4-8-18)15-24-13-1-2-14-24/h3-10,22H,1-2,11-15H2,(H,23,25). The minimum Gasteiger partial charge on any atom is -0.326 e. The second-order valence-corrected chi connectivity index (χ2v) is 9.03. The van der Waals surface area contributed by atoms with Crippen molar-refractivity contribution in [3.05, 3.63) is 59.1 Å². The molecule has 0 saturated carbocycles. The molecule has 0 radical (unpaired) electrons. The van der Waals surface area contributed by atoms with E-state index in [4.69, 9.17) is 11.6 Å². The smallest absolute Gasteiger partial charge is 0.240 e. The molecule has 6 nitrogen and oxygen atoms in total. The number of amides is 1. The Bertz CT molecular complexity index is 893. The van der Waals surface area contributed by atoms with Gasteiger partial charge in [-0.1, -0.05) is 23.7 Å². The number of likely N-dealkylation sites (tertiary alicyclic amines) is 1. The van der Waals surface area contributed by atoms with Gasteiger partial charge in [-0.15, -0.1) is 0 Å². The molecular weight excluding hydrogens is 398 g/mol. The Morgan fingerprint density at radius 2 is 1.64 bits per heavy atom. The highest BCUT2D eigenvalue weighted by Gasteiger charge is 2.14. The third-order valence-electron chi connectivity index (χ3n) is 4.61. The van der Waals surface area contributed by atoms with Crippen LogP contribution in [0.25, 0.3) is 0 Å². The molecule has 1 amide bonds. The van der Waals surface area contributed by atoms with Gasteiger partial charge in [0.25, 0.3) is 0 Å². The van der Waals surface area contributed by atoms with Crippen LogP contribution in [0.2, 0.25) is 5.02 Å². The van der Waals surface area contributed by atoms with Gasteiger partial charge in [-0.3, -0.25) is 9.69 Å². The molecule has 1 heterocycles. The number of rotatable bonds is 8. The van der Waals surface area contributed by atoms with E-state index in [1.807, 2.05) is 24.3 Å². The molecule has 0 unspecified atom stereocenters. The lowest BCUT2D eigenvalue weighted by Crippen LogP contribution is -2.27. The zero-order valence-corrected chi connectivity index (χ0v) is 17.1. The van der Waals surface area contributed by atoms with Crippen LogP contribution in [0, 0.1) is 0 Å². The molecule has 0 spiro atoms. The third kappa shape index (κ3) is 6.04. The summed E-state index contributed by atoms with van der Waals surface area (Å²) >= 11 is 5.77. The predicted molar refractivity (Wildman–Crippen MR) is 111 cm³/mol. The van der Waals surface area contributed by atoms with Gasteiger partial charge in [0.2, 0.25) is 15.9 Å². The molecule has 8 heteroatoms. The van der Waals surface area contributed by atoms with Gasteiger partial charge in [-0.25, -0.2) is 13.1 Å². The Hall–Kier alpha value is -1.93. The van der Waals surface area contributed by atoms with Gasteiger partial charge in [0, 0.05) is 30.2 Å². The van der Waals surface area contributed by atoms with Gasteiger partial charge >= 0.3 is 0 Å². The van der Waals surface area contributed by atoms with Crippen LogP contribution in [0.4, 0.5) is 5.69 Å². The largest absolute Gasteiger partial charge is 0.326 e. The first-order valence-electron chi connectivity index (χ1n) is 9.29. The molecule has 2 aromatic rings. The first kappa shape index (κ1) is 20.8. The van der Waals surface area contributed by atoms with Crippen molar-refractivity contribution in [1.29, 1.82) is 0 Å². The van der Waals surface area contributed by atoms with Crippen LogP contribution < -0.4 is 10.0 Å². The van der Waals surface area contributed by atoms with Crippen LogP contribution >= 0.6 is 11.6 Å². The fourth-order valence-electron chi connectivity index (χ4n) is 3.11. The van der Waals surface area contributed by atoms with Gasteiger partial charge in [0.1, 0.15) is 0 Å². The number of carbonyl (C=O) groups is 1. The topological polar surface area (TPSA) is 78.5 Å². The van der Waals surface area contributed by atoms with Crippen molar-refractivity contribution >= 4 is 33.2 Å². The van der Waals surface area contributed by atoms with Crippen LogP contribution in [0.15, 0.2) is 53.4 Å². The lowest BCUT2D eigenvalue weighted by molar-refractivity contribution is -0.116. The molecule has 1 aliphatic heterocycles. The van der Waals surface area contributed by atoms with Crippen molar-refractivity contribution in [2.24, 2.45) is 0 Å². The Morgan fingerprint density at radius 1 is 1.00 bits per heavy atom. The average molecular weight is 422 g/mol. The number of carbonyl (C=O) groups excluding carboxylic acids is 1. The number of nitrogens with one attached hydrogen (secondary N) is 2. The number of hydrogen-bond acceptors (Lipinski definition) is 4. The van der Waals surface area contributed by atoms with Crippen LogP contribution in [0.5, 0.6) is 0 Å². The summed E-state index contributed by atoms with van der Waals surface area (Å²) in [5.41, 5.74) is 1.92. The van der Waals surface area contributed by atoms with Gasteiger partial charge in [-0.05, 0) is 67.9 Å². The van der Waals surface area contributed by atoms with E-state index in [9.17, 15) is 13.2 Å². The fraction of sp³-hybridized carbons (Fsp3) is 0.350. The molecule has 2 N–H and O–H groups in total. The number of anilines is 1. The molecule has 0 aromatic heterocycles. The molecule has 0 bridgehead atoms. The second kappa shape index (κ2) is 9.52. The summed E-state index contributed by atoms with van der Waals surface area (Å²) in [6.45, 7) is 3.24. The van der Waals surface area contributed by atoms with Gasteiger partial charge in [-0.2, -0.15) is 0 Å². The van der Waals surface area contributed by atoms with Gasteiger partial charge < -0.3 is 5.32 Å². The number of halogens is 1. The summed E-state index contributed by atoms with van der Waals surface area (Å²) < 4.78 is 26.8. The highest BCUT2D eigenvalue weighted by molar-refractivity contribution is 7.89. The maximum absolute atomic E-state index is 12.2. The Morgan fingerprint density at radius 3 is 2.29 bits per heavy atom. The van der Waals surface area contributed by atoms with Crippen molar-refractivity contribution in [1.82, 2.24) is 9.62 Å². The molecular formula is C20H24ClN3O3S. The average Bonchev–Trinajstić information content (AvgIpc) is 3.16. The van der Waals surface area contributed by atoms with E-state index in [-0.39, 0.29) is 23.8 Å². The highest BCUT2D eigenvalue weighted by atomic mass is 35.5. The maximum atomic E-state index is 12.2.